The third-order valence-electron chi connectivity index (χ3n) is 5.45. The molecule has 0 fully saturated rings. The highest BCUT2D eigenvalue weighted by Crippen LogP contribution is 2.38. The Hall–Kier alpha value is -3.14. The molecular weight excluding hydrogens is 452 g/mol. The standard InChI is InChI=1S/C23H25F2N3O4S/c1-14-4-7-16(8-5-14)23(2)10-17(19-9-6-15(11-26-19)21(24)25)18(22(30)28-23)12-27-20(29)13-33(3,31)32/h4-9,11,21H,10,12-13H2,1-3H3,(H,27,29)(H,28,30)/t23-/m0/s1. The number of sulfone groups is 1. The molecule has 2 heterocycles. The molecule has 0 saturated carbocycles. The van der Waals surface area contributed by atoms with Crippen molar-refractivity contribution < 1.29 is 26.8 Å². The zero-order valence-corrected chi connectivity index (χ0v) is 19.3. The Bertz CT molecular complexity index is 1190. The maximum Gasteiger partial charge on any atom is 0.265 e. The van der Waals surface area contributed by atoms with Gasteiger partial charge in [0.25, 0.3) is 6.43 Å². The van der Waals surface area contributed by atoms with Crippen molar-refractivity contribution in [1.29, 1.82) is 0 Å². The van der Waals surface area contributed by atoms with Gasteiger partial charge in [-0.25, -0.2) is 17.2 Å². The first kappa shape index (κ1) is 24.5. The molecule has 1 aliphatic heterocycles. The van der Waals surface area contributed by atoms with E-state index < -0.39 is 39.4 Å². The minimum atomic E-state index is -3.54. The van der Waals surface area contributed by atoms with Gasteiger partial charge in [0.05, 0.1) is 11.2 Å². The number of aryl methyl sites for hydroxylation is 1. The molecular formula is C23H25F2N3O4S. The molecule has 2 aromatic rings. The van der Waals surface area contributed by atoms with Gasteiger partial charge in [0.15, 0.2) is 9.84 Å². The van der Waals surface area contributed by atoms with Crippen molar-refractivity contribution >= 4 is 27.2 Å². The summed E-state index contributed by atoms with van der Waals surface area (Å²) < 4.78 is 48.7. The van der Waals surface area contributed by atoms with E-state index in [9.17, 15) is 26.8 Å². The van der Waals surface area contributed by atoms with Crippen molar-refractivity contribution in [3.8, 4) is 0 Å². The van der Waals surface area contributed by atoms with Gasteiger partial charge in [-0.05, 0) is 37.1 Å². The summed E-state index contributed by atoms with van der Waals surface area (Å²) >= 11 is 0. The molecule has 0 aliphatic carbocycles. The van der Waals surface area contributed by atoms with Crippen LogP contribution in [0.4, 0.5) is 8.78 Å². The Morgan fingerprint density at radius 2 is 1.88 bits per heavy atom. The highest BCUT2D eigenvalue weighted by atomic mass is 32.2. The van der Waals surface area contributed by atoms with Crippen LogP contribution < -0.4 is 10.6 Å². The number of carbonyl (C=O) groups is 2. The van der Waals surface area contributed by atoms with Crippen LogP contribution in [0.5, 0.6) is 0 Å². The van der Waals surface area contributed by atoms with Crippen LogP contribution in [0.3, 0.4) is 0 Å². The largest absolute Gasteiger partial charge is 0.351 e. The summed E-state index contributed by atoms with van der Waals surface area (Å²) in [7, 11) is -3.54. The Kier molecular flexibility index (Phi) is 6.97. The SMILES string of the molecule is Cc1ccc([C@]2(C)CC(c3ccc(C(F)F)cn3)=C(CNC(=O)CS(C)(=O)=O)C(=O)N2)cc1. The van der Waals surface area contributed by atoms with Gasteiger partial charge < -0.3 is 10.6 Å². The number of hydrogen-bond acceptors (Lipinski definition) is 5. The van der Waals surface area contributed by atoms with Gasteiger partial charge in [-0.3, -0.25) is 14.6 Å². The summed E-state index contributed by atoms with van der Waals surface area (Å²) in [5.74, 6) is -1.91. The highest BCUT2D eigenvalue weighted by Gasteiger charge is 2.38. The smallest absolute Gasteiger partial charge is 0.265 e. The summed E-state index contributed by atoms with van der Waals surface area (Å²) in [6.45, 7) is 3.57. The zero-order valence-electron chi connectivity index (χ0n) is 18.5. The molecule has 176 valence electrons. The molecule has 2 N–H and O–H groups in total. The molecule has 7 nitrogen and oxygen atoms in total. The molecule has 33 heavy (non-hydrogen) atoms. The Labute approximate surface area is 191 Å². The van der Waals surface area contributed by atoms with E-state index in [4.69, 9.17) is 0 Å². The lowest BCUT2D eigenvalue weighted by Crippen LogP contribution is -2.49. The first-order valence-electron chi connectivity index (χ1n) is 10.2. The first-order chi connectivity index (χ1) is 15.4. The molecule has 2 amide bonds. The predicted molar refractivity (Wildman–Crippen MR) is 120 cm³/mol. The van der Waals surface area contributed by atoms with E-state index in [0.717, 1.165) is 23.6 Å². The maximum absolute atomic E-state index is 13.1. The van der Waals surface area contributed by atoms with Crippen LogP contribution in [-0.2, 0) is 25.0 Å². The van der Waals surface area contributed by atoms with Crippen LogP contribution in [0.2, 0.25) is 0 Å². The van der Waals surface area contributed by atoms with Gasteiger partial charge >= 0.3 is 0 Å². The van der Waals surface area contributed by atoms with Crippen molar-refractivity contribution in [3.63, 3.8) is 0 Å². The fourth-order valence-electron chi connectivity index (χ4n) is 3.68. The number of carbonyl (C=O) groups excluding carboxylic acids is 2. The van der Waals surface area contributed by atoms with E-state index in [1.807, 2.05) is 38.1 Å². The average molecular weight is 478 g/mol. The number of hydrogen-bond donors (Lipinski definition) is 2. The van der Waals surface area contributed by atoms with Crippen molar-refractivity contribution in [3.05, 3.63) is 70.6 Å². The van der Waals surface area contributed by atoms with Crippen LogP contribution in [0.1, 0.15) is 42.2 Å². The number of amides is 2. The lowest BCUT2D eigenvalue weighted by atomic mass is 9.79. The number of aromatic nitrogens is 1. The number of nitrogens with one attached hydrogen (secondary N) is 2. The molecule has 1 aromatic heterocycles. The normalized spacial score (nSPS) is 18.9. The summed E-state index contributed by atoms with van der Waals surface area (Å²) in [5, 5.41) is 5.42. The molecule has 0 saturated heterocycles. The monoisotopic (exact) mass is 477 g/mol. The molecule has 1 aliphatic rings. The van der Waals surface area contributed by atoms with Crippen LogP contribution in [-0.4, -0.2) is 43.8 Å². The summed E-state index contributed by atoms with van der Waals surface area (Å²) in [5.41, 5.74) is 1.87. The minimum Gasteiger partial charge on any atom is -0.351 e. The number of nitrogens with zero attached hydrogens (tertiary/aromatic N) is 1. The van der Waals surface area contributed by atoms with E-state index in [-0.39, 0.29) is 17.7 Å². The van der Waals surface area contributed by atoms with Crippen LogP contribution in [0.25, 0.3) is 5.57 Å². The average Bonchev–Trinajstić information content (AvgIpc) is 2.72. The second-order valence-electron chi connectivity index (χ2n) is 8.41. The van der Waals surface area contributed by atoms with Crippen LogP contribution >= 0.6 is 0 Å². The quantitative estimate of drug-likeness (QED) is 0.638. The summed E-state index contributed by atoms with van der Waals surface area (Å²) in [4.78, 5) is 29.3. The third-order valence-corrected chi connectivity index (χ3v) is 6.24. The molecule has 0 radical (unpaired) electrons. The number of benzene rings is 1. The second kappa shape index (κ2) is 9.38. The van der Waals surface area contributed by atoms with E-state index in [1.54, 1.807) is 0 Å². The van der Waals surface area contributed by atoms with Crippen molar-refractivity contribution in [2.24, 2.45) is 0 Å². The topological polar surface area (TPSA) is 105 Å². The van der Waals surface area contributed by atoms with E-state index in [1.165, 1.54) is 12.1 Å². The number of rotatable bonds is 7. The van der Waals surface area contributed by atoms with E-state index >= 15 is 0 Å². The van der Waals surface area contributed by atoms with Gasteiger partial charge in [0, 0.05) is 36.6 Å². The second-order valence-corrected chi connectivity index (χ2v) is 10.6. The Morgan fingerprint density at radius 1 is 1.21 bits per heavy atom. The van der Waals surface area contributed by atoms with Crippen LogP contribution in [0, 0.1) is 6.92 Å². The molecule has 0 spiro atoms. The highest BCUT2D eigenvalue weighted by molar-refractivity contribution is 7.91. The molecule has 0 bridgehead atoms. The van der Waals surface area contributed by atoms with Crippen molar-refractivity contribution in [1.82, 2.24) is 15.6 Å². The zero-order chi connectivity index (χ0) is 24.4. The van der Waals surface area contributed by atoms with Gasteiger partial charge in [0.2, 0.25) is 11.8 Å². The number of alkyl halides is 2. The summed E-state index contributed by atoms with van der Waals surface area (Å²) in [6.07, 6.45) is -0.392. The van der Waals surface area contributed by atoms with Crippen LogP contribution in [0.15, 0.2) is 48.2 Å². The fourth-order valence-corrected chi connectivity index (χ4v) is 4.26. The van der Waals surface area contributed by atoms with Gasteiger partial charge in [0.1, 0.15) is 5.75 Å². The van der Waals surface area contributed by atoms with Crippen molar-refractivity contribution in [2.45, 2.75) is 32.2 Å². The Balaban J connectivity index is 2.00. The Morgan fingerprint density at radius 3 is 2.42 bits per heavy atom. The minimum absolute atomic E-state index is 0.193. The number of pyridine rings is 1. The lowest BCUT2D eigenvalue weighted by molar-refractivity contribution is -0.120. The molecule has 1 atom stereocenters. The first-order valence-corrected chi connectivity index (χ1v) is 12.2. The van der Waals surface area contributed by atoms with Gasteiger partial charge in [-0.2, -0.15) is 0 Å². The number of halogens is 2. The van der Waals surface area contributed by atoms with Crippen molar-refractivity contribution in [2.75, 3.05) is 18.6 Å². The van der Waals surface area contributed by atoms with Gasteiger partial charge in [-0.15, -0.1) is 0 Å². The van der Waals surface area contributed by atoms with E-state index in [2.05, 4.69) is 15.6 Å². The molecule has 10 heteroatoms. The molecule has 0 unspecified atom stereocenters. The lowest BCUT2D eigenvalue weighted by Gasteiger charge is -2.37. The molecule has 3 rings (SSSR count). The van der Waals surface area contributed by atoms with E-state index in [0.29, 0.717) is 17.7 Å². The predicted octanol–water partition coefficient (Wildman–Crippen LogP) is 2.68. The third kappa shape index (κ3) is 6.01. The fraction of sp³-hybridized carbons (Fsp3) is 0.348. The summed E-state index contributed by atoms with van der Waals surface area (Å²) in [6, 6.07) is 10.3. The van der Waals surface area contributed by atoms with Gasteiger partial charge in [-0.1, -0.05) is 29.8 Å². The molecule has 1 aromatic carbocycles. The maximum atomic E-state index is 13.1.